The van der Waals surface area contributed by atoms with Gasteiger partial charge >= 0.3 is 0 Å². The van der Waals surface area contributed by atoms with Crippen LogP contribution in [0.3, 0.4) is 0 Å². The average Bonchev–Trinajstić information content (AvgIpc) is 3.19. The number of amides is 2. The summed E-state index contributed by atoms with van der Waals surface area (Å²) in [6.45, 7) is -0.132. The maximum Gasteiger partial charge on any atom is 0.291 e. The molecule has 0 aliphatic rings. The predicted octanol–water partition coefficient (Wildman–Crippen LogP) is -0.100. The molecule has 0 aliphatic carbocycles. The summed E-state index contributed by atoms with van der Waals surface area (Å²) in [4.78, 5) is 34.4. The van der Waals surface area contributed by atoms with Crippen molar-refractivity contribution in [3.8, 4) is 0 Å². The molecule has 0 bridgehead atoms. The van der Waals surface area contributed by atoms with Crippen LogP contribution in [0.2, 0.25) is 0 Å². The molecule has 2 N–H and O–H groups in total. The molecule has 0 saturated carbocycles. The van der Waals surface area contributed by atoms with E-state index in [1.54, 1.807) is 12.1 Å². The minimum atomic E-state index is -1.29. The molecule has 2 rings (SSSR count). The summed E-state index contributed by atoms with van der Waals surface area (Å²) >= 11 is 0. The van der Waals surface area contributed by atoms with Crippen molar-refractivity contribution in [1.82, 2.24) is 10.6 Å². The van der Waals surface area contributed by atoms with Crippen molar-refractivity contribution in [3.05, 3.63) is 54.0 Å². The van der Waals surface area contributed by atoms with Crippen molar-refractivity contribution in [1.29, 1.82) is 0 Å². The second-order valence-corrected chi connectivity index (χ2v) is 4.38. The van der Waals surface area contributed by atoms with Crippen molar-refractivity contribution < 1.29 is 28.3 Å². The molecule has 0 aliphatic heterocycles. The topological polar surface area (TPSA) is 125 Å². The van der Waals surface area contributed by atoms with Crippen molar-refractivity contribution >= 4 is 23.9 Å². The number of carbonyl (C=O) groups is 3. The molecule has 0 spiro atoms. The van der Waals surface area contributed by atoms with Gasteiger partial charge in [0.05, 0.1) is 12.5 Å². The van der Waals surface area contributed by atoms with Crippen LogP contribution >= 0.6 is 0 Å². The smallest absolute Gasteiger partial charge is 0.291 e. The van der Waals surface area contributed by atoms with Crippen molar-refractivity contribution in [2.75, 3.05) is 6.54 Å². The Hall–Kier alpha value is -3.29. The molecule has 0 radical (unpaired) electrons. The molecule has 8 heteroatoms. The number of hydrogen-bond acceptors (Lipinski definition) is 6. The number of carboxylic acid groups (broad SMARTS) is 1. The van der Waals surface area contributed by atoms with Gasteiger partial charge in [-0.15, -0.1) is 0 Å². The fourth-order valence-corrected chi connectivity index (χ4v) is 1.64. The predicted molar refractivity (Wildman–Crippen MR) is 75.5 cm³/mol. The van der Waals surface area contributed by atoms with Gasteiger partial charge in [0.2, 0.25) is 0 Å². The Kier molecular flexibility index (Phi) is 5.35. The molecule has 8 nitrogen and oxygen atoms in total. The second-order valence-electron chi connectivity index (χ2n) is 4.38. The zero-order chi connectivity index (χ0) is 16.7. The summed E-state index contributed by atoms with van der Waals surface area (Å²) in [6, 6.07) is 6.18. The zero-order valence-corrected chi connectivity index (χ0v) is 11.9. The van der Waals surface area contributed by atoms with Crippen LogP contribution in [0.5, 0.6) is 0 Å². The number of carbonyl (C=O) groups excluding carboxylic acids is 3. The van der Waals surface area contributed by atoms with E-state index in [-0.39, 0.29) is 24.4 Å². The highest BCUT2D eigenvalue weighted by atomic mass is 16.4. The molecule has 0 atom stereocenters. The Labute approximate surface area is 130 Å². The zero-order valence-electron chi connectivity index (χ0n) is 11.9. The van der Waals surface area contributed by atoms with Crippen LogP contribution in [0.4, 0.5) is 0 Å². The highest BCUT2D eigenvalue weighted by molar-refractivity contribution is 6.04. The molecular formula is C15H13N2O6-. The first-order valence-electron chi connectivity index (χ1n) is 6.64. The minimum absolute atomic E-state index is 0.0258. The summed E-state index contributed by atoms with van der Waals surface area (Å²) in [5.74, 6) is -2.21. The van der Waals surface area contributed by atoms with Gasteiger partial charge in [-0.1, -0.05) is 0 Å². The quantitative estimate of drug-likeness (QED) is 0.687. The summed E-state index contributed by atoms with van der Waals surface area (Å²) in [5, 5.41) is 15.1. The van der Waals surface area contributed by atoms with Crippen molar-refractivity contribution in [3.63, 3.8) is 0 Å². The van der Waals surface area contributed by atoms with Gasteiger partial charge in [-0.3, -0.25) is 9.59 Å². The third kappa shape index (κ3) is 4.88. The summed E-state index contributed by atoms with van der Waals surface area (Å²) in [6.07, 6.45) is 3.71. The van der Waals surface area contributed by atoms with Gasteiger partial charge in [-0.05, 0) is 24.3 Å². The third-order valence-electron chi connectivity index (χ3n) is 2.68. The van der Waals surface area contributed by atoms with E-state index >= 15 is 0 Å². The summed E-state index contributed by atoms with van der Waals surface area (Å²) < 4.78 is 10.0. The third-order valence-corrected chi connectivity index (χ3v) is 2.68. The van der Waals surface area contributed by atoms with Gasteiger partial charge in [0.25, 0.3) is 11.8 Å². The van der Waals surface area contributed by atoms with Crippen LogP contribution in [-0.4, -0.2) is 24.3 Å². The molecule has 0 fully saturated rings. The Balaban J connectivity index is 2.10. The highest BCUT2D eigenvalue weighted by Crippen LogP contribution is 2.08. The number of carboxylic acids is 1. The second kappa shape index (κ2) is 7.64. The summed E-state index contributed by atoms with van der Waals surface area (Å²) in [5.41, 5.74) is -0.111. The van der Waals surface area contributed by atoms with Crippen LogP contribution < -0.4 is 15.7 Å². The molecule has 2 aromatic rings. The van der Waals surface area contributed by atoms with Gasteiger partial charge in [-0.2, -0.15) is 0 Å². The fraction of sp³-hybridized carbons (Fsp3) is 0.133. The minimum Gasteiger partial charge on any atom is -0.550 e. The first-order valence-corrected chi connectivity index (χ1v) is 6.64. The molecule has 23 heavy (non-hydrogen) atoms. The highest BCUT2D eigenvalue weighted by Gasteiger charge is 2.16. The maximum atomic E-state index is 12.1. The molecule has 0 saturated heterocycles. The van der Waals surface area contributed by atoms with E-state index in [1.807, 2.05) is 0 Å². The van der Waals surface area contributed by atoms with Gasteiger partial charge in [0.1, 0.15) is 11.5 Å². The Morgan fingerprint density at radius 1 is 1.13 bits per heavy atom. The molecule has 120 valence electrons. The van der Waals surface area contributed by atoms with E-state index in [1.165, 1.54) is 30.7 Å². The lowest BCUT2D eigenvalue weighted by atomic mass is 10.3. The fourth-order valence-electron chi connectivity index (χ4n) is 1.64. The Morgan fingerprint density at radius 2 is 1.87 bits per heavy atom. The first-order chi connectivity index (χ1) is 11.1. The molecule has 0 aromatic carbocycles. The first kappa shape index (κ1) is 16.1. The number of nitrogens with one attached hydrogen (secondary N) is 2. The maximum absolute atomic E-state index is 12.1. The Bertz CT molecular complexity index is 700. The van der Waals surface area contributed by atoms with Crippen LogP contribution in [0.1, 0.15) is 22.7 Å². The molecule has 2 aromatic heterocycles. The number of hydrogen-bond donors (Lipinski definition) is 2. The monoisotopic (exact) mass is 317 g/mol. The van der Waals surface area contributed by atoms with E-state index in [4.69, 9.17) is 8.83 Å². The van der Waals surface area contributed by atoms with E-state index in [2.05, 4.69) is 10.6 Å². The lowest BCUT2D eigenvalue weighted by Gasteiger charge is -2.10. The van der Waals surface area contributed by atoms with Crippen molar-refractivity contribution in [2.24, 2.45) is 0 Å². The largest absolute Gasteiger partial charge is 0.550 e. The van der Waals surface area contributed by atoms with Crippen LogP contribution in [0.15, 0.2) is 51.3 Å². The standard InChI is InChI=1S/C15H14N2O6/c18-13(19)5-6-16-14(20)11(9-10-3-1-7-22-10)17-15(21)12-4-2-8-23-12/h1-4,7-9H,5-6H2,(H,16,20)(H,17,21)(H,18,19)/p-1/b11-9+. The van der Waals surface area contributed by atoms with E-state index < -0.39 is 17.8 Å². The van der Waals surface area contributed by atoms with E-state index in [0.717, 1.165) is 0 Å². The van der Waals surface area contributed by atoms with Crippen molar-refractivity contribution in [2.45, 2.75) is 6.42 Å². The Morgan fingerprint density at radius 3 is 2.48 bits per heavy atom. The number of aliphatic carboxylic acids is 1. The van der Waals surface area contributed by atoms with Crippen LogP contribution in [-0.2, 0) is 9.59 Å². The van der Waals surface area contributed by atoms with E-state index in [9.17, 15) is 19.5 Å². The SMILES string of the molecule is O=C([O-])CCNC(=O)/C(=C\c1ccco1)NC(=O)c1ccco1. The molecule has 2 amide bonds. The normalized spacial score (nSPS) is 11.0. The summed E-state index contributed by atoms with van der Waals surface area (Å²) in [7, 11) is 0. The van der Waals surface area contributed by atoms with Gasteiger partial charge in [-0.25, -0.2) is 0 Å². The van der Waals surface area contributed by atoms with Gasteiger partial charge in [0, 0.05) is 25.0 Å². The number of rotatable bonds is 7. The van der Waals surface area contributed by atoms with Gasteiger partial charge in [0.15, 0.2) is 5.76 Å². The number of furan rings is 2. The molecule has 2 heterocycles. The van der Waals surface area contributed by atoms with Gasteiger partial charge < -0.3 is 29.4 Å². The lowest BCUT2D eigenvalue weighted by molar-refractivity contribution is -0.305. The van der Waals surface area contributed by atoms with E-state index in [0.29, 0.717) is 5.76 Å². The van der Waals surface area contributed by atoms with Crippen LogP contribution in [0, 0.1) is 0 Å². The molecule has 0 unspecified atom stereocenters. The lowest BCUT2D eigenvalue weighted by Crippen LogP contribution is -2.37. The average molecular weight is 317 g/mol. The molecular weight excluding hydrogens is 304 g/mol. The van der Waals surface area contributed by atoms with Crippen LogP contribution in [0.25, 0.3) is 6.08 Å².